The van der Waals surface area contributed by atoms with E-state index in [1.54, 1.807) is 6.07 Å². The van der Waals surface area contributed by atoms with Crippen LogP contribution < -0.4 is 0 Å². The predicted octanol–water partition coefficient (Wildman–Crippen LogP) is 3.91. The molecule has 0 bridgehead atoms. The van der Waals surface area contributed by atoms with Crippen LogP contribution in [0.15, 0.2) is 18.2 Å². The van der Waals surface area contributed by atoms with Crippen LogP contribution in [0.5, 0.6) is 5.75 Å². The second-order valence-electron chi connectivity index (χ2n) is 4.05. The summed E-state index contributed by atoms with van der Waals surface area (Å²) in [6.45, 7) is 0. The number of phenols is 1. The van der Waals surface area contributed by atoms with Crippen LogP contribution in [0.1, 0.15) is 31.2 Å². The molecule has 0 atom stereocenters. The number of aromatic hydroxyl groups is 1. The zero-order valence-corrected chi connectivity index (χ0v) is 9.91. The Labute approximate surface area is 104 Å². The van der Waals surface area contributed by atoms with Crippen LogP contribution >= 0.6 is 11.6 Å². The molecule has 1 aliphatic carbocycles. The predicted molar refractivity (Wildman–Crippen MR) is 66.2 cm³/mol. The molecule has 1 aliphatic rings. The van der Waals surface area contributed by atoms with Crippen LogP contribution in [0.4, 0.5) is 5.69 Å². The van der Waals surface area contributed by atoms with Crippen molar-refractivity contribution in [2.45, 2.75) is 25.7 Å². The van der Waals surface area contributed by atoms with Crippen molar-refractivity contribution in [1.29, 1.82) is 0 Å². The van der Waals surface area contributed by atoms with Crippen molar-refractivity contribution in [1.82, 2.24) is 0 Å². The number of nitrogens with zero attached hydrogens (tertiary/aromatic N) is 1. The highest BCUT2D eigenvalue weighted by Crippen LogP contribution is 2.39. The zero-order chi connectivity index (χ0) is 12.4. The van der Waals surface area contributed by atoms with Crippen LogP contribution in [0.2, 0.25) is 5.02 Å². The van der Waals surface area contributed by atoms with Crippen molar-refractivity contribution in [2.75, 3.05) is 0 Å². The monoisotopic (exact) mass is 253 g/mol. The molecule has 0 heterocycles. The second-order valence-corrected chi connectivity index (χ2v) is 4.49. The Kier molecular flexibility index (Phi) is 3.33. The first kappa shape index (κ1) is 11.9. The molecule has 2 rings (SSSR count). The molecule has 1 aromatic rings. The fourth-order valence-electron chi connectivity index (χ4n) is 2.05. The molecular weight excluding hydrogens is 242 g/mol. The number of allylic oxidation sites excluding steroid dienone is 2. The summed E-state index contributed by atoms with van der Waals surface area (Å²) < 4.78 is 0. The molecule has 90 valence electrons. The summed E-state index contributed by atoms with van der Waals surface area (Å²) in [6.07, 6.45) is 5.93. The van der Waals surface area contributed by atoms with E-state index in [1.807, 2.05) is 6.08 Å². The Morgan fingerprint density at radius 3 is 2.71 bits per heavy atom. The molecule has 0 fully saturated rings. The van der Waals surface area contributed by atoms with E-state index in [1.165, 1.54) is 6.07 Å². The Hall–Kier alpha value is -1.55. The van der Waals surface area contributed by atoms with Gasteiger partial charge in [-0.05, 0) is 37.3 Å². The van der Waals surface area contributed by atoms with Gasteiger partial charge in [0.1, 0.15) is 0 Å². The standard InChI is InChI=1S/C12H12ClNO3/c13-9-6-10(8-4-2-1-3-5-8)12(15)11(7-9)14(16)17/h4,6-7,15H,1-3,5H2. The third kappa shape index (κ3) is 2.42. The van der Waals surface area contributed by atoms with Gasteiger partial charge in [-0.2, -0.15) is 0 Å². The number of nitro groups is 1. The van der Waals surface area contributed by atoms with E-state index in [0.717, 1.165) is 31.3 Å². The van der Waals surface area contributed by atoms with Gasteiger partial charge in [0.2, 0.25) is 5.75 Å². The van der Waals surface area contributed by atoms with Gasteiger partial charge in [-0.15, -0.1) is 0 Å². The van der Waals surface area contributed by atoms with Crippen LogP contribution in [-0.2, 0) is 0 Å². The molecule has 0 aromatic heterocycles. The Bertz CT molecular complexity index is 497. The van der Waals surface area contributed by atoms with Crippen molar-refractivity contribution >= 4 is 22.9 Å². The number of halogens is 1. The lowest BCUT2D eigenvalue weighted by Gasteiger charge is -2.14. The number of hydrogen-bond acceptors (Lipinski definition) is 3. The van der Waals surface area contributed by atoms with E-state index < -0.39 is 4.92 Å². The fraction of sp³-hybridized carbons (Fsp3) is 0.333. The summed E-state index contributed by atoms with van der Waals surface area (Å²) in [5.41, 5.74) is 1.10. The number of phenolic OH excluding ortho intramolecular Hbond substituents is 1. The molecule has 1 aromatic carbocycles. The maximum absolute atomic E-state index is 10.8. The smallest absolute Gasteiger partial charge is 0.312 e. The summed E-state index contributed by atoms with van der Waals surface area (Å²) in [7, 11) is 0. The number of nitro benzene ring substituents is 1. The van der Waals surface area contributed by atoms with E-state index in [0.29, 0.717) is 5.56 Å². The molecular formula is C12H12ClNO3. The minimum absolute atomic E-state index is 0.274. The first-order valence-corrected chi connectivity index (χ1v) is 5.83. The molecule has 0 aliphatic heterocycles. The van der Waals surface area contributed by atoms with Gasteiger partial charge >= 0.3 is 5.69 Å². The van der Waals surface area contributed by atoms with Crippen molar-refractivity contribution in [2.24, 2.45) is 0 Å². The average molecular weight is 254 g/mol. The molecule has 0 amide bonds. The third-order valence-electron chi connectivity index (χ3n) is 2.89. The minimum Gasteiger partial charge on any atom is -0.502 e. The van der Waals surface area contributed by atoms with Gasteiger partial charge in [0, 0.05) is 16.7 Å². The van der Waals surface area contributed by atoms with Crippen LogP contribution in [0.25, 0.3) is 5.57 Å². The first-order chi connectivity index (χ1) is 8.09. The number of benzene rings is 1. The zero-order valence-electron chi connectivity index (χ0n) is 9.15. The molecule has 4 nitrogen and oxygen atoms in total. The van der Waals surface area contributed by atoms with E-state index in [4.69, 9.17) is 11.6 Å². The normalized spacial score (nSPS) is 15.5. The minimum atomic E-state index is -0.617. The van der Waals surface area contributed by atoms with Gasteiger partial charge in [0.05, 0.1) is 4.92 Å². The van der Waals surface area contributed by atoms with Crippen LogP contribution in [0.3, 0.4) is 0 Å². The topological polar surface area (TPSA) is 63.4 Å². The molecule has 0 saturated carbocycles. The molecule has 0 saturated heterocycles. The lowest BCUT2D eigenvalue weighted by Crippen LogP contribution is -1.96. The Morgan fingerprint density at radius 1 is 1.35 bits per heavy atom. The van der Waals surface area contributed by atoms with Crippen LogP contribution in [0, 0.1) is 10.1 Å². The van der Waals surface area contributed by atoms with Crippen molar-refractivity contribution in [3.63, 3.8) is 0 Å². The molecule has 0 unspecified atom stereocenters. The van der Waals surface area contributed by atoms with Gasteiger partial charge < -0.3 is 5.11 Å². The molecule has 1 N–H and O–H groups in total. The highest BCUT2D eigenvalue weighted by molar-refractivity contribution is 6.31. The maximum atomic E-state index is 10.8. The highest BCUT2D eigenvalue weighted by atomic mass is 35.5. The third-order valence-corrected chi connectivity index (χ3v) is 3.11. The average Bonchev–Trinajstić information content (AvgIpc) is 2.32. The second kappa shape index (κ2) is 4.75. The number of rotatable bonds is 2. The van der Waals surface area contributed by atoms with Gasteiger partial charge in [-0.25, -0.2) is 0 Å². The summed E-state index contributed by atoms with van der Waals surface area (Å²) in [4.78, 5) is 10.2. The van der Waals surface area contributed by atoms with Crippen molar-refractivity contribution in [3.8, 4) is 5.75 Å². The van der Waals surface area contributed by atoms with E-state index >= 15 is 0 Å². The van der Waals surface area contributed by atoms with Crippen molar-refractivity contribution < 1.29 is 10.0 Å². The SMILES string of the molecule is O=[N+]([O-])c1cc(Cl)cc(C2=CCCCC2)c1O. The molecule has 0 spiro atoms. The van der Waals surface area contributed by atoms with Gasteiger partial charge in [-0.1, -0.05) is 17.7 Å². The quantitative estimate of drug-likeness (QED) is 0.642. The maximum Gasteiger partial charge on any atom is 0.312 e. The van der Waals surface area contributed by atoms with Crippen molar-refractivity contribution in [3.05, 3.63) is 38.9 Å². The first-order valence-electron chi connectivity index (χ1n) is 5.46. The molecule has 0 radical (unpaired) electrons. The lowest BCUT2D eigenvalue weighted by molar-refractivity contribution is -0.385. The largest absolute Gasteiger partial charge is 0.502 e. The lowest BCUT2D eigenvalue weighted by atomic mass is 9.93. The Morgan fingerprint density at radius 2 is 2.12 bits per heavy atom. The van der Waals surface area contributed by atoms with E-state index in [9.17, 15) is 15.2 Å². The van der Waals surface area contributed by atoms with Crippen LogP contribution in [-0.4, -0.2) is 10.0 Å². The summed E-state index contributed by atoms with van der Waals surface area (Å²) in [5, 5.41) is 20.9. The summed E-state index contributed by atoms with van der Waals surface area (Å²) in [6, 6.07) is 2.75. The van der Waals surface area contributed by atoms with E-state index in [-0.39, 0.29) is 16.5 Å². The number of hydrogen-bond donors (Lipinski definition) is 1. The summed E-state index contributed by atoms with van der Waals surface area (Å²) >= 11 is 5.84. The summed E-state index contributed by atoms with van der Waals surface area (Å²) in [5.74, 6) is -0.285. The van der Waals surface area contributed by atoms with E-state index in [2.05, 4.69) is 0 Å². The van der Waals surface area contributed by atoms with Gasteiger partial charge in [0.15, 0.2) is 0 Å². The highest BCUT2D eigenvalue weighted by Gasteiger charge is 2.21. The van der Waals surface area contributed by atoms with Gasteiger partial charge in [0.25, 0.3) is 0 Å². The van der Waals surface area contributed by atoms with Gasteiger partial charge in [-0.3, -0.25) is 10.1 Å². The fourth-order valence-corrected chi connectivity index (χ4v) is 2.26. The molecule has 17 heavy (non-hydrogen) atoms. The Balaban J connectivity index is 2.53. The molecule has 5 heteroatoms.